The summed E-state index contributed by atoms with van der Waals surface area (Å²) in [6, 6.07) is 2.21. The van der Waals surface area contributed by atoms with E-state index in [1.807, 2.05) is 0 Å². The van der Waals surface area contributed by atoms with E-state index in [4.69, 9.17) is 10.9 Å². The Labute approximate surface area is 126 Å². The first-order valence-electron chi connectivity index (χ1n) is 7.63. The van der Waals surface area contributed by atoms with Gasteiger partial charge in [-0.3, -0.25) is 14.5 Å². The lowest BCUT2D eigenvalue weighted by Gasteiger charge is -2.34. The second kappa shape index (κ2) is 7.42. The van der Waals surface area contributed by atoms with E-state index >= 15 is 0 Å². The largest absolute Gasteiger partial charge is 0.409 e. The summed E-state index contributed by atoms with van der Waals surface area (Å²) in [5.74, 6) is 0.278. The van der Waals surface area contributed by atoms with Gasteiger partial charge in [0.1, 0.15) is 0 Å². The van der Waals surface area contributed by atoms with Gasteiger partial charge >= 0.3 is 0 Å². The highest BCUT2D eigenvalue weighted by molar-refractivity contribution is 5.81. The maximum Gasteiger partial charge on any atom is 0.153 e. The SMILES string of the molecule is CCc1cc(CN2CCN(CC(N)=NO)CC2)n(CC)n1. The molecule has 1 aliphatic heterocycles. The van der Waals surface area contributed by atoms with E-state index in [1.165, 1.54) is 5.69 Å². The molecule has 0 atom stereocenters. The van der Waals surface area contributed by atoms with Crippen molar-refractivity contribution in [2.75, 3.05) is 32.7 Å². The van der Waals surface area contributed by atoms with E-state index in [-0.39, 0.29) is 5.84 Å². The second-order valence-corrected chi connectivity index (χ2v) is 5.44. The van der Waals surface area contributed by atoms with Gasteiger partial charge in [-0.15, -0.1) is 0 Å². The highest BCUT2D eigenvalue weighted by Crippen LogP contribution is 2.11. The van der Waals surface area contributed by atoms with Gasteiger partial charge in [0, 0.05) is 39.3 Å². The lowest BCUT2D eigenvalue weighted by molar-refractivity contribution is 0.136. The summed E-state index contributed by atoms with van der Waals surface area (Å²) in [5.41, 5.74) is 8.01. The zero-order chi connectivity index (χ0) is 15.2. The number of piperazine rings is 1. The fraction of sp³-hybridized carbons (Fsp3) is 0.714. The normalized spacial score (nSPS) is 18.3. The molecule has 1 fully saturated rings. The molecule has 7 nitrogen and oxygen atoms in total. The summed E-state index contributed by atoms with van der Waals surface area (Å²) < 4.78 is 2.10. The Morgan fingerprint density at radius 3 is 2.52 bits per heavy atom. The highest BCUT2D eigenvalue weighted by atomic mass is 16.4. The van der Waals surface area contributed by atoms with Gasteiger partial charge in [-0.1, -0.05) is 12.1 Å². The van der Waals surface area contributed by atoms with Gasteiger partial charge in [-0.25, -0.2) is 0 Å². The molecule has 118 valence electrons. The van der Waals surface area contributed by atoms with Gasteiger partial charge < -0.3 is 10.9 Å². The van der Waals surface area contributed by atoms with E-state index in [1.54, 1.807) is 0 Å². The number of hydrogen-bond acceptors (Lipinski definition) is 5. The van der Waals surface area contributed by atoms with Crippen molar-refractivity contribution < 1.29 is 5.21 Å². The Morgan fingerprint density at radius 1 is 1.29 bits per heavy atom. The van der Waals surface area contributed by atoms with Gasteiger partial charge in [-0.2, -0.15) is 5.10 Å². The Morgan fingerprint density at radius 2 is 1.95 bits per heavy atom. The molecule has 1 aromatic heterocycles. The van der Waals surface area contributed by atoms with Crippen LogP contribution in [-0.4, -0.2) is 63.3 Å². The number of nitrogens with two attached hydrogens (primary N) is 1. The van der Waals surface area contributed by atoms with Gasteiger partial charge in [-0.05, 0) is 19.4 Å². The zero-order valence-corrected chi connectivity index (χ0v) is 13.0. The molecule has 0 spiro atoms. The molecule has 3 N–H and O–H groups in total. The molecular formula is C14H26N6O. The topological polar surface area (TPSA) is 82.9 Å². The van der Waals surface area contributed by atoms with Crippen molar-refractivity contribution >= 4 is 5.84 Å². The molecule has 0 aliphatic carbocycles. The van der Waals surface area contributed by atoms with Gasteiger partial charge in [0.15, 0.2) is 5.84 Å². The fourth-order valence-electron chi connectivity index (χ4n) is 2.68. The van der Waals surface area contributed by atoms with Crippen LogP contribution in [0.25, 0.3) is 0 Å². The first-order valence-corrected chi connectivity index (χ1v) is 7.63. The number of amidine groups is 1. The Hall–Kier alpha value is -1.60. The van der Waals surface area contributed by atoms with Crippen molar-refractivity contribution in [1.29, 1.82) is 0 Å². The molecule has 1 saturated heterocycles. The monoisotopic (exact) mass is 294 g/mol. The zero-order valence-electron chi connectivity index (χ0n) is 13.0. The van der Waals surface area contributed by atoms with Crippen LogP contribution in [0.1, 0.15) is 25.2 Å². The molecule has 2 rings (SSSR count). The quantitative estimate of drug-likeness (QED) is 0.342. The second-order valence-electron chi connectivity index (χ2n) is 5.44. The molecule has 0 unspecified atom stereocenters. The van der Waals surface area contributed by atoms with Crippen molar-refractivity contribution in [3.63, 3.8) is 0 Å². The number of aryl methyl sites for hydroxylation is 2. The van der Waals surface area contributed by atoms with Crippen LogP contribution < -0.4 is 5.73 Å². The van der Waals surface area contributed by atoms with Crippen LogP contribution in [0.4, 0.5) is 0 Å². The van der Waals surface area contributed by atoms with Crippen LogP contribution in [0.2, 0.25) is 0 Å². The van der Waals surface area contributed by atoms with E-state index in [0.29, 0.717) is 6.54 Å². The summed E-state index contributed by atoms with van der Waals surface area (Å²) in [7, 11) is 0. The van der Waals surface area contributed by atoms with Crippen LogP contribution in [0, 0.1) is 0 Å². The third-order valence-corrected chi connectivity index (χ3v) is 3.94. The number of oxime groups is 1. The number of nitrogens with zero attached hydrogens (tertiary/aromatic N) is 5. The van der Waals surface area contributed by atoms with Crippen molar-refractivity contribution in [2.24, 2.45) is 10.9 Å². The smallest absolute Gasteiger partial charge is 0.153 e. The third kappa shape index (κ3) is 4.18. The molecule has 2 heterocycles. The molecular weight excluding hydrogens is 268 g/mol. The van der Waals surface area contributed by atoms with Crippen LogP contribution in [-0.2, 0) is 19.5 Å². The average molecular weight is 294 g/mol. The van der Waals surface area contributed by atoms with Crippen LogP contribution >= 0.6 is 0 Å². The standard InChI is InChI=1S/C14H26N6O/c1-3-12-9-13(20(4-2)16-12)10-18-5-7-19(8-6-18)11-14(15)17-21/h9,21H,3-8,10-11H2,1-2H3,(H2,15,17). The van der Waals surface area contributed by atoms with Crippen molar-refractivity contribution in [3.05, 3.63) is 17.5 Å². The molecule has 7 heteroatoms. The maximum atomic E-state index is 8.61. The van der Waals surface area contributed by atoms with Crippen LogP contribution in [0.5, 0.6) is 0 Å². The summed E-state index contributed by atoms with van der Waals surface area (Å²) in [6.07, 6.45) is 0.980. The van der Waals surface area contributed by atoms with Crippen molar-refractivity contribution in [1.82, 2.24) is 19.6 Å². The number of hydrogen-bond donors (Lipinski definition) is 2. The Kier molecular flexibility index (Phi) is 5.58. The molecule has 0 radical (unpaired) electrons. The molecule has 0 aromatic carbocycles. The molecule has 0 saturated carbocycles. The minimum Gasteiger partial charge on any atom is -0.409 e. The summed E-state index contributed by atoms with van der Waals surface area (Å²) in [6.45, 7) is 10.5. The number of rotatable bonds is 6. The molecule has 0 bridgehead atoms. The fourth-order valence-corrected chi connectivity index (χ4v) is 2.68. The molecule has 0 amide bonds. The number of aromatic nitrogens is 2. The van der Waals surface area contributed by atoms with E-state index in [2.05, 4.69) is 44.6 Å². The van der Waals surface area contributed by atoms with Crippen LogP contribution in [0.15, 0.2) is 11.2 Å². The average Bonchev–Trinajstić information content (AvgIpc) is 2.91. The lowest BCUT2D eigenvalue weighted by atomic mass is 10.2. The van der Waals surface area contributed by atoms with E-state index < -0.39 is 0 Å². The maximum absolute atomic E-state index is 8.61. The predicted molar refractivity (Wildman–Crippen MR) is 82.4 cm³/mol. The summed E-state index contributed by atoms with van der Waals surface area (Å²) in [4.78, 5) is 4.64. The van der Waals surface area contributed by atoms with Crippen molar-refractivity contribution in [3.8, 4) is 0 Å². The predicted octanol–water partition coefficient (Wildman–Crippen LogP) is 0.329. The van der Waals surface area contributed by atoms with E-state index in [0.717, 1.165) is 51.4 Å². The Balaban J connectivity index is 1.87. The third-order valence-electron chi connectivity index (χ3n) is 3.94. The molecule has 21 heavy (non-hydrogen) atoms. The molecule has 1 aliphatic rings. The molecule has 1 aromatic rings. The highest BCUT2D eigenvalue weighted by Gasteiger charge is 2.19. The minimum absolute atomic E-state index is 0.278. The minimum atomic E-state index is 0.278. The van der Waals surface area contributed by atoms with Gasteiger partial charge in [0.25, 0.3) is 0 Å². The first-order chi connectivity index (χ1) is 10.2. The Bertz CT molecular complexity index is 476. The lowest BCUT2D eigenvalue weighted by Crippen LogP contribution is -2.48. The summed E-state index contributed by atoms with van der Waals surface area (Å²) >= 11 is 0. The van der Waals surface area contributed by atoms with Gasteiger partial charge in [0.2, 0.25) is 0 Å². The van der Waals surface area contributed by atoms with E-state index in [9.17, 15) is 0 Å². The summed E-state index contributed by atoms with van der Waals surface area (Å²) in [5, 5.41) is 16.2. The van der Waals surface area contributed by atoms with Crippen molar-refractivity contribution in [2.45, 2.75) is 33.4 Å². The van der Waals surface area contributed by atoms with Gasteiger partial charge in [0.05, 0.1) is 17.9 Å². The first kappa shape index (κ1) is 15.8. The van der Waals surface area contributed by atoms with Crippen LogP contribution in [0.3, 0.4) is 0 Å².